The van der Waals surface area contributed by atoms with Crippen molar-refractivity contribution in [3.63, 3.8) is 0 Å². The lowest BCUT2D eigenvalue weighted by Gasteiger charge is -2.17. The molecule has 0 spiro atoms. The van der Waals surface area contributed by atoms with Crippen LogP contribution in [0.3, 0.4) is 0 Å². The Balaban J connectivity index is 1.93. The molecule has 1 aromatic heterocycles. The molecule has 1 fully saturated rings. The van der Waals surface area contributed by atoms with Crippen molar-refractivity contribution in [3.8, 4) is 0 Å². The topological polar surface area (TPSA) is 60.4 Å². The molecular formula is C10H16N2O2. The van der Waals surface area contributed by atoms with Crippen molar-refractivity contribution < 1.29 is 9.15 Å². The standard InChI is InChI=1S/C10H16N2O2/c11-12-9(10-4-2-6-14-10)7-8-3-1-5-13-8/h2,4,6,8-9,12H,1,3,5,7,11H2. The lowest BCUT2D eigenvalue weighted by Crippen LogP contribution is -2.30. The van der Waals surface area contributed by atoms with E-state index in [4.69, 9.17) is 15.0 Å². The smallest absolute Gasteiger partial charge is 0.122 e. The number of rotatable bonds is 4. The maximum absolute atomic E-state index is 5.55. The van der Waals surface area contributed by atoms with Gasteiger partial charge in [0, 0.05) is 6.61 Å². The summed E-state index contributed by atoms with van der Waals surface area (Å²) < 4.78 is 10.8. The van der Waals surface area contributed by atoms with E-state index >= 15 is 0 Å². The van der Waals surface area contributed by atoms with E-state index in [9.17, 15) is 0 Å². The van der Waals surface area contributed by atoms with Gasteiger partial charge in [0.15, 0.2) is 0 Å². The van der Waals surface area contributed by atoms with E-state index in [0.717, 1.165) is 31.6 Å². The minimum atomic E-state index is 0.0631. The second kappa shape index (κ2) is 4.59. The summed E-state index contributed by atoms with van der Waals surface area (Å²) in [6.45, 7) is 0.875. The number of nitrogens with two attached hydrogens (primary N) is 1. The number of nitrogens with one attached hydrogen (secondary N) is 1. The van der Waals surface area contributed by atoms with Gasteiger partial charge in [-0.15, -0.1) is 0 Å². The first-order valence-electron chi connectivity index (χ1n) is 5.01. The van der Waals surface area contributed by atoms with Gasteiger partial charge in [0.25, 0.3) is 0 Å². The summed E-state index contributed by atoms with van der Waals surface area (Å²) in [5, 5.41) is 0. The Kier molecular flexibility index (Phi) is 3.18. The normalized spacial score (nSPS) is 23.9. The van der Waals surface area contributed by atoms with Crippen LogP contribution in [0.15, 0.2) is 22.8 Å². The lowest BCUT2D eigenvalue weighted by atomic mass is 10.1. The van der Waals surface area contributed by atoms with Gasteiger partial charge in [-0.1, -0.05) is 0 Å². The molecule has 4 nitrogen and oxygen atoms in total. The average molecular weight is 196 g/mol. The molecule has 1 aliphatic rings. The van der Waals surface area contributed by atoms with Gasteiger partial charge >= 0.3 is 0 Å². The van der Waals surface area contributed by atoms with Gasteiger partial charge in [-0.05, 0) is 31.4 Å². The molecule has 2 unspecified atom stereocenters. The molecule has 78 valence electrons. The predicted molar refractivity (Wildman–Crippen MR) is 52.4 cm³/mol. The van der Waals surface area contributed by atoms with Gasteiger partial charge in [-0.25, -0.2) is 5.43 Å². The maximum Gasteiger partial charge on any atom is 0.122 e. The molecule has 2 heterocycles. The summed E-state index contributed by atoms with van der Waals surface area (Å²) in [7, 11) is 0. The van der Waals surface area contributed by atoms with E-state index < -0.39 is 0 Å². The van der Waals surface area contributed by atoms with Crippen LogP contribution in [-0.4, -0.2) is 12.7 Å². The third-order valence-electron chi connectivity index (χ3n) is 2.61. The highest BCUT2D eigenvalue weighted by atomic mass is 16.5. The molecule has 2 rings (SSSR count). The van der Waals surface area contributed by atoms with Crippen LogP contribution in [0.25, 0.3) is 0 Å². The molecule has 0 aromatic carbocycles. The van der Waals surface area contributed by atoms with Crippen molar-refractivity contribution >= 4 is 0 Å². The highest BCUT2D eigenvalue weighted by molar-refractivity contribution is 5.04. The molecule has 0 saturated carbocycles. The van der Waals surface area contributed by atoms with Gasteiger partial charge in [-0.2, -0.15) is 0 Å². The first-order chi connectivity index (χ1) is 6.90. The average Bonchev–Trinajstić information content (AvgIpc) is 2.86. The number of furan rings is 1. The Morgan fingerprint density at radius 2 is 2.57 bits per heavy atom. The van der Waals surface area contributed by atoms with Crippen LogP contribution in [-0.2, 0) is 4.74 Å². The van der Waals surface area contributed by atoms with Crippen LogP contribution in [0.2, 0.25) is 0 Å². The van der Waals surface area contributed by atoms with Gasteiger partial charge < -0.3 is 9.15 Å². The molecule has 1 aliphatic heterocycles. The van der Waals surface area contributed by atoms with Gasteiger partial charge in [0.1, 0.15) is 5.76 Å². The molecule has 14 heavy (non-hydrogen) atoms. The van der Waals surface area contributed by atoms with Crippen LogP contribution in [0.5, 0.6) is 0 Å². The summed E-state index contributed by atoms with van der Waals surface area (Å²) in [4.78, 5) is 0. The largest absolute Gasteiger partial charge is 0.468 e. The zero-order valence-electron chi connectivity index (χ0n) is 8.11. The summed E-state index contributed by atoms with van der Waals surface area (Å²) in [6, 6.07) is 3.86. The van der Waals surface area contributed by atoms with Crippen LogP contribution in [0, 0.1) is 0 Å². The molecule has 4 heteroatoms. The molecule has 1 aromatic rings. The van der Waals surface area contributed by atoms with E-state index in [1.165, 1.54) is 0 Å². The van der Waals surface area contributed by atoms with Crippen LogP contribution >= 0.6 is 0 Å². The Morgan fingerprint density at radius 3 is 3.14 bits per heavy atom. The van der Waals surface area contributed by atoms with E-state index in [-0.39, 0.29) is 6.04 Å². The molecule has 0 bridgehead atoms. The molecular weight excluding hydrogens is 180 g/mol. The Labute approximate surface area is 83.4 Å². The summed E-state index contributed by atoms with van der Waals surface area (Å²) in [6.07, 6.45) is 5.14. The monoisotopic (exact) mass is 196 g/mol. The fourth-order valence-electron chi connectivity index (χ4n) is 1.85. The zero-order chi connectivity index (χ0) is 9.80. The fraction of sp³-hybridized carbons (Fsp3) is 0.600. The predicted octanol–water partition coefficient (Wildman–Crippen LogP) is 1.35. The van der Waals surface area contributed by atoms with E-state index in [2.05, 4.69) is 5.43 Å². The first kappa shape index (κ1) is 9.71. The zero-order valence-corrected chi connectivity index (χ0v) is 8.11. The van der Waals surface area contributed by atoms with Crippen molar-refractivity contribution in [1.82, 2.24) is 5.43 Å². The van der Waals surface area contributed by atoms with Crippen molar-refractivity contribution in [2.24, 2.45) is 5.84 Å². The first-order valence-corrected chi connectivity index (χ1v) is 5.01. The molecule has 0 amide bonds. The van der Waals surface area contributed by atoms with Crippen LogP contribution in [0.1, 0.15) is 31.1 Å². The van der Waals surface area contributed by atoms with E-state index in [0.29, 0.717) is 6.10 Å². The molecule has 0 radical (unpaired) electrons. The van der Waals surface area contributed by atoms with Gasteiger partial charge in [0.05, 0.1) is 18.4 Å². The minimum Gasteiger partial charge on any atom is -0.468 e. The van der Waals surface area contributed by atoms with Gasteiger partial charge in [-0.3, -0.25) is 5.84 Å². The lowest BCUT2D eigenvalue weighted by molar-refractivity contribution is 0.0920. The Bertz CT molecular complexity index is 255. The SMILES string of the molecule is NNC(CC1CCCO1)c1ccco1. The van der Waals surface area contributed by atoms with E-state index in [1.54, 1.807) is 6.26 Å². The molecule has 1 saturated heterocycles. The third-order valence-corrected chi connectivity index (χ3v) is 2.61. The van der Waals surface area contributed by atoms with Crippen molar-refractivity contribution in [2.75, 3.05) is 6.61 Å². The van der Waals surface area contributed by atoms with Gasteiger partial charge in [0.2, 0.25) is 0 Å². The number of hydrogen-bond acceptors (Lipinski definition) is 4. The summed E-state index contributed by atoms with van der Waals surface area (Å²) >= 11 is 0. The Morgan fingerprint density at radius 1 is 1.64 bits per heavy atom. The number of ether oxygens (including phenoxy) is 1. The molecule has 3 N–H and O–H groups in total. The second-order valence-corrected chi connectivity index (χ2v) is 3.61. The van der Waals surface area contributed by atoms with Crippen molar-refractivity contribution in [3.05, 3.63) is 24.2 Å². The molecule has 2 atom stereocenters. The van der Waals surface area contributed by atoms with Crippen molar-refractivity contribution in [2.45, 2.75) is 31.4 Å². The quantitative estimate of drug-likeness (QED) is 0.563. The highest BCUT2D eigenvalue weighted by Crippen LogP contribution is 2.24. The number of hydrogen-bond donors (Lipinski definition) is 2. The second-order valence-electron chi connectivity index (χ2n) is 3.61. The maximum atomic E-state index is 5.55. The molecule has 0 aliphatic carbocycles. The Hall–Kier alpha value is -0.840. The minimum absolute atomic E-state index is 0.0631. The summed E-state index contributed by atoms with van der Waals surface area (Å²) in [5.74, 6) is 6.35. The third kappa shape index (κ3) is 2.15. The number of hydrazine groups is 1. The van der Waals surface area contributed by atoms with Crippen LogP contribution < -0.4 is 11.3 Å². The summed E-state index contributed by atoms with van der Waals surface area (Å²) in [5.41, 5.74) is 2.76. The van der Waals surface area contributed by atoms with Crippen molar-refractivity contribution in [1.29, 1.82) is 0 Å². The van der Waals surface area contributed by atoms with Crippen LogP contribution in [0.4, 0.5) is 0 Å². The highest BCUT2D eigenvalue weighted by Gasteiger charge is 2.22. The fourth-order valence-corrected chi connectivity index (χ4v) is 1.85. The van der Waals surface area contributed by atoms with E-state index in [1.807, 2.05) is 12.1 Å².